The van der Waals surface area contributed by atoms with E-state index in [4.69, 9.17) is 0 Å². The second-order valence-corrected chi connectivity index (χ2v) is 3.08. The molecule has 11 heavy (non-hydrogen) atoms. The van der Waals surface area contributed by atoms with E-state index in [1.54, 1.807) is 0 Å². The highest BCUT2D eigenvalue weighted by Gasteiger charge is 2.25. The fraction of sp³-hybridized carbons (Fsp3) is 0.500. The summed E-state index contributed by atoms with van der Waals surface area (Å²) in [5, 5.41) is 9.11. The molecule has 3 heteroatoms. The van der Waals surface area contributed by atoms with Crippen LogP contribution in [-0.4, -0.2) is 10.2 Å². The molecule has 1 heterocycles. The zero-order valence-corrected chi connectivity index (χ0v) is 6.51. The first-order valence-corrected chi connectivity index (χ1v) is 4.05. The van der Waals surface area contributed by atoms with Crippen molar-refractivity contribution in [3.05, 3.63) is 24.5 Å². The number of H-pyrrole nitrogens is 1. The first kappa shape index (κ1) is 6.85. The van der Waals surface area contributed by atoms with Gasteiger partial charge in [-0.2, -0.15) is 12.1 Å². The van der Waals surface area contributed by atoms with Gasteiger partial charge in [0.05, 0.1) is 6.54 Å². The standard InChI is InChI=1S/C8H13N3/c1-9-5-7-4-8(11-10-7)6-2-3-6/h4,6H,1-3,5,9H2,(H,10,11). The minimum Gasteiger partial charge on any atom is -0.474 e. The van der Waals surface area contributed by atoms with Gasteiger partial charge in [0.25, 0.3) is 0 Å². The molecule has 0 atom stereocenters. The Hall–Kier alpha value is -0.830. The molecule has 1 aliphatic carbocycles. The maximum Gasteiger partial charge on any atom is 0.114 e. The van der Waals surface area contributed by atoms with Gasteiger partial charge in [0.15, 0.2) is 0 Å². The van der Waals surface area contributed by atoms with Crippen molar-refractivity contribution < 1.29 is 5.32 Å². The van der Waals surface area contributed by atoms with Crippen LogP contribution >= 0.6 is 0 Å². The Balaban J connectivity index is 2.06. The Morgan fingerprint density at radius 3 is 3.18 bits per heavy atom. The highest BCUT2D eigenvalue weighted by molar-refractivity contribution is 5.16. The predicted molar refractivity (Wildman–Crippen MR) is 41.5 cm³/mol. The van der Waals surface area contributed by atoms with Crippen LogP contribution in [0.25, 0.3) is 0 Å². The van der Waals surface area contributed by atoms with Gasteiger partial charge in [-0.25, -0.2) is 0 Å². The van der Waals surface area contributed by atoms with Crippen LogP contribution in [0.2, 0.25) is 0 Å². The fourth-order valence-electron chi connectivity index (χ4n) is 1.24. The van der Waals surface area contributed by atoms with E-state index in [9.17, 15) is 0 Å². The van der Waals surface area contributed by atoms with Gasteiger partial charge in [0.1, 0.15) is 5.69 Å². The molecular weight excluding hydrogens is 138 g/mol. The molecule has 1 fully saturated rings. The average Bonchev–Trinajstić information content (AvgIpc) is 2.75. The molecule has 0 spiro atoms. The highest BCUT2D eigenvalue weighted by atomic mass is 15.1. The predicted octanol–water partition coefficient (Wildman–Crippen LogP) is 0.142. The Morgan fingerprint density at radius 2 is 2.55 bits per heavy atom. The van der Waals surface area contributed by atoms with E-state index >= 15 is 0 Å². The summed E-state index contributed by atoms with van der Waals surface area (Å²) < 4.78 is 0. The first-order valence-electron chi connectivity index (χ1n) is 4.05. The number of nitrogens with one attached hydrogen (secondary N) is 1. The first-order chi connectivity index (χ1) is 5.40. The van der Waals surface area contributed by atoms with Crippen molar-refractivity contribution in [3.63, 3.8) is 0 Å². The number of rotatable bonds is 3. The van der Waals surface area contributed by atoms with Crippen LogP contribution in [0.3, 0.4) is 0 Å². The van der Waals surface area contributed by atoms with Crippen molar-refractivity contribution in [2.75, 3.05) is 0 Å². The summed E-state index contributed by atoms with van der Waals surface area (Å²) in [6, 6.07) is 2.15. The molecule has 0 aromatic carbocycles. The lowest BCUT2D eigenvalue weighted by Gasteiger charge is -1.92. The van der Waals surface area contributed by atoms with Gasteiger partial charge in [-0.1, -0.05) is 0 Å². The fourth-order valence-corrected chi connectivity index (χ4v) is 1.24. The normalized spacial score (nSPS) is 17.2. The summed E-state index contributed by atoms with van der Waals surface area (Å²) in [6.45, 7) is 0.878. The monoisotopic (exact) mass is 151 g/mol. The van der Waals surface area contributed by atoms with Crippen LogP contribution in [0.4, 0.5) is 0 Å². The molecule has 0 unspecified atom stereocenters. The number of aromatic nitrogens is 2. The molecule has 0 amide bonds. The Kier molecular flexibility index (Phi) is 1.66. The number of quaternary nitrogens is 1. The minimum atomic E-state index is 0.779. The molecule has 1 saturated carbocycles. The van der Waals surface area contributed by atoms with Crippen LogP contribution in [0.15, 0.2) is 6.07 Å². The van der Waals surface area contributed by atoms with Gasteiger partial charge in [-0.15, -0.1) is 0 Å². The number of hydrogen-bond donors (Lipinski definition) is 2. The van der Waals surface area contributed by atoms with Crippen LogP contribution in [-0.2, 0) is 6.54 Å². The van der Waals surface area contributed by atoms with Crippen molar-refractivity contribution in [1.29, 1.82) is 0 Å². The topological polar surface area (TPSA) is 45.3 Å². The van der Waals surface area contributed by atoms with E-state index in [0.29, 0.717) is 0 Å². The third kappa shape index (κ3) is 1.43. The zero-order chi connectivity index (χ0) is 7.68. The third-order valence-electron chi connectivity index (χ3n) is 2.02. The van der Waals surface area contributed by atoms with E-state index in [0.717, 1.165) is 18.2 Å². The van der Waals surface area contributed by atoms with Crippen LogP contribution in [0, 0.1) is 7.05 Å². The number of nitrogens with two attached hydrogens (primary N) is 1. The summed E-state index contributed by atoms with van der Waals surface area (Å²) >= 11 is 0. The smallest absolute Gasteiger partial charge is 0.114 e. The molecule has 1 aromatic rings. The van der Waals surface area contributed by atoms with Crippen molar-refractivity contribution in [1.82, 2.24) is 10.2 Å². The molecule has 3 nitrogen and oxygen atoms in total. The molecule has 2 rings (SSSR count). The Morgan fingerprint density at radius 1 is 1.73 bits per heavy atom. The van der Waals surface area contributed by atoms with E-state index < -0.39 is 0 Å². The molecule has 1 aliphatic rings. The number of nitrogens with zero attached hydrogens (tertiary/aromatic N) is 1. The van der Waals surface area contributed by atoms with E-state index in [1.165, 1.54) is 18.5 Å². The van der Waals surface area contributed by atoms with Gasteiger partial charge in [-0.05, 0) is 18.9 Å². The Bertz CT molecular complexity index is 237. The summed E-state index contributed by atoms with van der Waals surface area (Å²) in [6.07, 6.45) is 2.66. The van der Waals surface area contributed by atoms with Crippen LogP contribution < -0.4 is 5.32 Å². The summed E-state index contributed by atoms with van der Waals surface area (Å²) in [4.78, 5) is 0. The number of hydrogen-bond acceptors (Lipinski definition) is 1. The second-order valence-electron chi connectivity index (χ2n) is 3.08. The molecule has 0 aliphatic heterocycles. The summed E-state index contributed by atoms with van der Waals surface area (Å²) in [7, 11) is 3.67. The lowest BCUT2D eigenvalue weighted by Crippen LogP contribution is -2.74. The van der Waals surface area contributed by atoms with Gasteiger partial charge in [0, 0.05) is 11.6 Å². The van der Waals surface area contributed by atoms with Gasteiger partial charge >= 0.3 is 0 Å². The molecule has 1 aromatic heterocycles. The van der Waals surface area contributed by atoms with Crippen molar-refractivity contribution >= 4 is 0 Å². The molecule has 0 saturated heterocycles. The SMILES string of the molecule is [CH2-][NH2+]Cc1cc(C2CC2)[nH]n1. The van der Waals surface area contributed by atoms with Crippen molar-refractivity contribution in [2.24, 2.45) is 0 Å². The van der Waals surface area contributed by atoms with Crippen LogP contribution in [0.5, 0.6) is 0 Å². The summed E-state index contributed by atoms with van der Waals surface area (Å²) in [5.74, 6) is 0.779. The molecule has 0 bridgehead atoms. The van der Waals surface area contributed by atoms with Crippen LogP contribution in [0.1, 0.15) is 30.1 Å². The van der Waals surface area contributed by atoms with Gasteiger partial charge in [0.2, 0.25) is 0 Å². The maximum atomic E-state index is 4.17. The quantitative estimate of drug-likeness (QED) is 0.593. The van der Waals surface area contributed by atoms with Gasteiger partial charge in [-0.3, -0.25) is 5.10 Å². The average molecular weight is 151 g/mol. The van der Waals surface area contributed by atoms with Crippen molar-refractivity contribution in [3.8, 4) is 0 Å². The minimum absolute atomic E-state index is 0.779. The van der Waals surface area contributed by atoms with Gasteiger partial charge < -0.3 is 5.32 Å². The van der Waals surface area contributed by atoms with Crippen molar-refractivity contribution in [2.45, 2.75) is 25.3 Å². The second kappa shape index (κ2) is 2.66. The van der Waals surface area contributed by atoms with E-state index in [1.807, 2.05) is 5.32 Å². The maximum absolute atomic E-state index is 4.17. The molecule has 3 N–H and O–H groups in total. The molecule has 0 radical (unpaired) electrons. The number of aromatic amines is 1. The van der Waals surface area contributed by atoms with E-state index in [2.05, 4.69) is 23.3 Å². The molecule has 60 valence electrons. The third-order valence-corrected chi connectivity index (χ3v) is 2.02. The summed E-state index contributed by atoms with van der Waals surface area (Å²) in [5.41, 5.74) is 2.42. The molecular formula is C8H13N3. The highest BCUT2D eigenvalue weighted by Crippen LogP contribution is 2.38. The zero-order valence-electron chi connectivity index (χ0n) is 6.51. The lowest BCUT2D eigenvalue weighted by atomic mass is 10.3. The van der Waals surface area contributed by atoms with E-state index in [-0.39, 0.29) is 0 Å². The Labute approximate surface area is 66.2 Å². The largest absolute Gasteiger partial charge is 0.474 e. The lowest BCUT2D eigenvalue weighted by molar-refractivity contribution is -0.612.